The number of amides is 1. The fourth-order valence-electron chi connectivity index (χ4n) is 9.74. The van der Waals surface area contributed by atoms with E-state index in [1.807, 2.05) is 0 Å². The van der Waals surface area contributed by atoms with Gasteiger partial charge in [0.05, 0.1) is 75.0 Å². The number of methoxy groups -OCH3 is 4. The van der Waals surface area contributed by atoms with Crippen LogP contribution in [0.1, 0.15) is 74.7 Å². The molecule has 0 radical (unpaired) electrons. The van der Waals surface area contributed by atoms with Gasteiger partial charge in [0.2, 0.25) is 0 Å². The number of nitrogens with zero attached hydrogens (tertiary/aromatic N) is 1. The number of nitro groups is 1. The SMILES string of the molecule is C.COCCOCCN.COCCOCCNC(=O)O[C@@H]1CC[C@]2(CO2)C([C@]2(C)O[C@@H]2/C=C/C(C)C)[C@@H]1OC.CO[C@H]1C([C@]2(C)O[C@@H]2/C=C/C(C)C)[C@]2(CC[C@H]1OC(=O)Oc1ccc([N+](=O)[O-])cc1)CO2.ClCCl. The smallest absolute Gasteiger partial charge is 0.443 e. The van der Waals surface area contributed by atoms with Crippen molar-refractivity contribution in [1.29, 1.82) is 0 Å². The van der Waals surface area contributed by atoms with Gasteiger partial charge in [0.15, 0.2) is 0 Å². The number of carbonyl (C=O) groups excluding carboxylic acids is 2. The topological polar surface area (TPSA) is 249 Å². The first kappa shape index (κ1) is 65.1. The molecule has 12 atom stereocenters. The monoisotopic (exact) mass is 1090 g/mol. The quantitative estimate of drug-likeness (QED) is 0.0154. The van der Waals surface area contributed by atoms with Crippen LogP contribution in [0.2, 0.25) is 0 Å². The van der Waals surface area contributed by atoms with Crippen LogP contribution in [0.15, 0.2) is 48.6 Å². The summed E-state index contributed by atoms with van der Waals surface area (Å²) in [6.07, 6.45) is 8.41. The first-order chi connectivity index (χ1) is 34.9. The highest BCUT2D eigenvalue weighted by Crippen LogP contribution is 2.60. The lowest BCUT2D eigenvalue weighted by atomic mass is 9.68. The van der Waals surface area contributed by atoms with Crippen LogP contribution < -0.4 is 15.8 Å². The molecule has 424 valence electrons. The molecule has 7 rings (SSSR count). The van der Waals surface area contributed by atoms with Crippen LogP contribution in [0.5, 0.6) is 5.75 Å². The number of rotatable bonds is 23. The summed E-state index contributed by atoms with van der Waals surface area (Å²) in [7, 11) is 6.53. The summed E-state index contributed by atoms with van der Waals surface area (Å²) in [6, 6.07) is 5.24. The Balaban J connectivity index is 0.000000322. The Kier molecular flexibility index (Phi) is 27.5. The van der Waals surface area contributed by atoms with Crippen LogP contribution in [0.25, 0.3) is 0 Å². The molecule has 2 unspecified atom stereocenters. The Morgan fingerprint density at radius 1 is 0.770 bits per heavy atom. The largest absolute Gasteiger partial charge is 0.514 e. The van der Waals surface area contributed by atoms with Crippen LogP contribution >= 0.6 is 23.2 Å². The Bertz CT molecular complexity index is 1880. The molecule has 4 saturated heterocycles. The van der Waals surface area contributed by atoms with E-state index in [-0.39, 0.29) is 77.3 Å². The van der Waals surface area contributed by atoms with E-state index in [2.05, 4.69) is 71.2 Å². The minimum atomic E-state index is -0.879. The zero-order chi connectivity index (χ0) is 53.8. The number of non-ortho nitro benzene ring substituents is 1. The van der Waals surface area contributed by atoms with E-state index < -0.39 is 35.0 Å². The second-order valence-electron chi connectivity index (χ2n) is 19.6. The summed E-state index contributed by atoms with van der Waals surface area (Å²) in [6.45, 7) is 18.4. The molecule has 2 saturated carbocycles. The second-order valence-corrected chi connectivity index (χ2v) is 20.4. The third-order valence-corrected chi connectivity index (χ3v) is 13.6. The van der Waals surface area contributed by atoms with Crippen molar-refractivity contribution in [2.75, 3.05) is 99.7 Å². The standard InChI is InChI=1S/C23H29NO8.C22H37NO7.C5H13NO2.CH2Cl2.CH4/c1-14(2)5-10-18-22(3,32-18)20-19(28-4)17(11-12-23(20)13-29-23)31-21(25)30-16-8-6-15(7-9-16)24(26)27;1-15(2)6-7-17-21(3,30-17)19-18(26-5)16(8-9-22(19)14-28-22)29-20(24)23-10-11-27-13-12-25-4;1-7-4-5-8-3-2-6;2-1-3;/h5-10,14,17-20H,11-13H2,1-4H3;6-7,15-19H,8-14H2,1-5H3,(H,23,24);2-6H2,1H3;1H2;1H4/b10-5+;7-6+;;;/t17-,18-,19-,20?,22-,23+;16-,17-,18-,19?,21-,22+;;;/m11.../s1. The van der Waals surface area contributed by atoms with Crippen molar-refractivity contribution >= 4 is 41.1 Å². The van der Waals surface area contributed by atoms with Crippen molar-refractivity contribution in [3.63, 3.8) is 0 Å². The third-order valence-electron chi connectivity index (χ3n) is 13.6. The van der Waals surface area contributed by atoms with Crippen molar-refractivity contribution < 1.29 is 76.1 Å². The number of hydrogen-bond donors (Lipinski definition) is 2. The zero-order valence-electron chi connectivity index (χ0n) is 44.2. The maximum Gasteiger partial charge on any atom is 0.514 e. The van der Waals surface area contributed by atoms with Gasteiger partial charge >= 0.3 is 12.2 Å². The number of benzene rings is 1. The maximum absolute atomic E-state index is 12.4. The fraction of sp³-hybridized carbons (Fsp3) is 0.769. The molecule has 1 aromatic rings. The predicted octanol–water partition coefficient (Wildman–Crippen LogP) is 8.02. The maximum atomic E-state index is 12.4. The van der Waals surface area contributed by atoms with Gasteiger partial charge in [-0.15, -0.1) is 23.2 Å². The minimum Gasteiger partial charge on any atom is -0.443 e. The molecule has 4 aliphatic heterocycles. The highest BCUT2D eigenvalue weighted by molar-refractivity contribution is 6.40. The number of halogens is 2. The van der Waals surface area contributed by atoms with E-state index >= 15 is 0 Å². The molecule has 4 heterocycles. The number of nitrogens with two attached hydrogens (primary N) is 1. The van der Waals surface area contributed by atoms with Crippen LogP contribution in [0.3, 0.4) is 0 Å². The van der Waals surface area contributed by atoms with E-state index in [9.17, 15) is 19.7 Å². The van der Waals surface area contributed by atoms with E-state index in [4.69, 9.17) is 90.5 Å². The molecule has 74 heavy (non-hydrogen) atoms. The Morgan fingerprint density at radius 2 is 1.22 bits per heavy atom. The van der Waals surface area contributed by atoms with Gasteiger partial charge in [0.25, 0.3) is 5.69 Å². The Hall–Kier alpha value is -3.22. The van der Waals surface area contributed by atoms with Crippen molar-refractivity contribution in [1.82, 2.24) is 5.32 Å². The number of allylic oxidation sites excluding steroid dienone is 2. The lowest BCUT2D eigenvalue weighted by Crippen LogP contribution is -2.56. The third kappa shape index (κ3) is 18.8. The van der Waals surface area contributed by atoms with Gasteiger partial charge in [-0.25, -0.2) is 9.59 Å². The molecule has 20 nitrogen and oxygen atoms in total. The molecule has 1 amide bonds. The lowest BCUT2D eigenvalue weighted by molar-refractivity contribution is -0.384. The van der Waals surface area contributed by atoms with Gasteiger partial charge < -0.3 is 72.6 Å². The first-order valence-corrected chi connectivity index (χ1v) is 26.0. The summed E-state index contributed by atoms with van der Waals surface area (Å²) in [4.78, 5) is 35.0. The Morgan fingerprint density at radius 3 is 1.61 bits per heavy atom. The van der Waals surface area contributed by atoms with Crippen molar-refractivity contribution in [2.45, 2.75) is 134 Å². The van der Waals surface area contributed by atoms with Gasteiger partial charge in [0.1, 0.15) is 64.8 Å². The van der Waals surface area contributed by atoms with Gasteiger partial charge in [0, 0.05) is 53.7 Å². The highest BCUT2D eigenvalue weighted by atomic mass is 35.5. The Labute approximate surface area is 448 Å². The number of epoxide rings is 4. The first-order valence-electron chi connectivity index (χ1n) is 25.0. The van der Waals surface area contributed by atoms with Crippen LogP contribution in [0, 0.1) is 33.8 Å². The average molecular weight is 1100 g/mol. The molecule has 0 aromatic heterocycles. The molecule has 1 aromatic carbocycles. The number of alkyl carbamates (subject to hydrolysis) is 1. The van der Waals surface area contributed by atoms with E-state index in [0.717, 1.165) is 12.8 Å². The normalized spacial score (nSPS) is 32.0. The summed E-state index contributed by atoms with van der Waals surface area (Å²) in [5.74, 6) is 0.950. The number of hydrogen-bond acceptors (Lipinski definition) is 18. The summed E-state index contributed by atoms with van der Waals surface area (Å²) in [5.41, 5.74) is 3.66. The van der Waals surface area contributed by atoms with Crippen molar-refractivity contribution in [3.05, 3.63) is 58.7 Å². The van der Waals surface area contributed by atoms with Crippen LogP contribution in [-0.4, -0.2) is 176 Å². The summed E-state index contributed by atoms with van der Waals surface area (Å²) < 4.78 is 72.3. The number of nitrogens with one attached hydrogen (secondary N) is 1. The van der Waals surface area contributed by atoms with Crippen LogP contribution in [-0.2, 0) is 56.8 Å². The second kappa shape index (κ2) is 31.2. The van der Waals surface area contributed by atoms with Crippen LogP contribution in [0.4, 0.5) is 15.3 Å². The highest BCUT2D eigenvalue weighted by Gasteiger charge is 2.73. The molecule has 0 bridgehead atoms. The van der Waals surface area contributed by atoms with Gasteiger partial charge in [-0.3, -0.25) is 10.1 Å². The number of nitro benzene ring substituents is 1. The fourth-order valence-corrected chi connectivity index (χ4v) is 9.74. The molecule has 6 aliphatic rings. The number of ether oxygens (including phenoxy) is 13. The lowest BCUT2D eigenvalue weighted by Gasteiger charge is -2.42. The van der Waals surface area contributed by atoms with E-state index in [1.54, 1.807) is 28.4 Å². The van der Waals surface area contributed by atoms with Crippen molar-refractivity contribution in [2.24, 2.45) is 29.4 Å². The average Bonchev–Trinajstić information content (AvgIpc) is 4.25. The summed E-state index contributed by atoms with van der Waals surface area (Å²) >= 11 is 9.53. The number of carbonyl (C=O) groups is 2. The molecule has 2 spiro atoms. The molecule has 6 fully saturated rings. The summed E-state index contributed by atoms with van der Waals surface area (Å²) in [5, 5.41) is 13.7. The van der Waals surface area contributed by atoms with Crippen molar-refractivity contribution in [3.8, 4) is 5.75 Å². The number of alkyl halides is 2. The molecule has 22 heteroatoms. The van der Waals surface area contributed by atoms with Gasteiger partial charge in [-0.2, -0.15) is 0 Å². The van der Waals surface area contributed by atoms with E-state index in [0.29, 0.717) is 90.6 Å². The van der Waals surface area contributed by atoms with E-state index in [1.165, 1.54) is 24.3 Å². The molecular weight excluding hydrogens is 1010 g/mol. The van der Waals surface area contributed by atoms with Gasteiger partial charge in [-0.05, 0) is 63.5 Å². The predicted molar refractivity (Wildman–Crippen MR) is 279 cm³/mol. The molecule has 2 aliphatic carbocycles. The van der Waals surface area contributed by atoms with Gasteiger partial charge in [-0.1, -0.05) is 59.4 Å². The molecule has 3 N–H and O–H groups in total. The molecular formula is C52H85Cl2N3O17. The minimum absolute atomic E-state index is 0. The zero-order valence-corrected chi connectivity index (χ0v) is 45.7.